The van der Waals surface area contributed by atoms with E-state index in [9.17, 15) is 18.0 Å². The van der Waals surface area contributed by atoms with Gasteiger partial charge in [-0.2, -0.15) is 13.2 Å². The third-order valence-corrected chi connectivity index (χ3v) is 3.81. The number of hydrogen-bond donors (Lipinski definition) is 1. The fourth-order valence-electron chi connectivity index (χ4n) is 2.20. The number of aromatic nitrogens is 2. The topological polar surface area (TPSA) is 67.4 Å². The first-order chi connectivity index (χ1) is 12.7. The highest BCUT2D eigenvalue weighted by Crippen LogP contribution is 2.25. The minimum Gasteiger partial charge on any atom is -0.467 e. The molecule has 0 unspecified atom stereocenters. The predicted octanol–water partition coefficient (Wildman–Crippen LogP) is 4.17. The minimum absolute atomic E-state index is 0.0761. The number of rotatable bonds is 7. The molecule has 0 radical (unpaired) electrons. The highest BCUT2D eigenvalue weighted by Gasteiger charge is 2.29. The van der Waals surface area contributed by atoms with Crippen LogP contribution in [0.5, 0.6) is 5.88 Å². The molecular weight excluding hydrogens is 385 g/mol. The van der Waals surface area contributed by atoms with Gasteiger partial charge in [-0.25, -0.2) is 9.97 Å². The van der Waals surface area contributed by atoms with Gasteiger partial charge in [0.05, 0.1) is 17.4 Å². The highest BCUT2D eigenvalue weighted by atomic mass is 35.5. The van der Waals surface area contributed by atoms with Crippen molar-refractivity contribution >= 4 is 29.0 Å². The molecule has 0 aliphatic rings. The summed E-state index contributed by atoms with van der Waals surface area (Å²) in [5.74, 6) is -0.131. The van der Waals surface area contributed by atoms with E-state index in [1.54, 1.807) is 12.1 Å². The number of nitrogens with one attached hydrogen (secondary N) is 1. The molecular formula is C17H18ClF3N4O2. The van der Waals surface area contributed by atoms with Crippen molar-refractivity contribution in [1.29, 1.82) is 0 Å². The summed E-state index contributed by atoms with van der Waals surface area (Å²) in [6.07, 6.45) is -1.91. The first kappa shape index (κ1) is 20.8. The molecule has 0 aromatic carbocycles. The van der Waals surface area contributed by atoms with Crippen molar-refractivity contribution in [2.75, 3.05) is 29.9 Å². The number of alkyl halides is 3. The molecule has 0 saturated carbocycles. The van der Waals surface area contributed by atoms with E-state index < -0.39 is 24.6 Å². The molecule has 1 N–H and O–H groups in total. The Bertz CT molecular complexity index is 781. The summed E-state index contributed by atoms with van der Waals surface area (Å²) in [6.45, 7) is 4.12. The van der Waals surface area contributed by atoms with Gasteiger partial charge in [0.2, 0.25) is 5.88 Å². The standard InChI is InChI=1S/C17H18ClF3N4O2/c1-3-25(4-2)14-6-5-12(9-22-14)24-15(26)11-7-13(18)16(23-8-11)27-10-17(19,20)21/h5-9H,3-4,10H2,1-2H3,(H,24,26). The van der Waals surface area contributed by atoms with Crippen LogP contribution in [0.15, 0.2) is 30.6 Å². The van der Waals surface area contributed by atoms with Gasteiger partial charge < -0.3 is 15.0 Å². The molecule has 0 bridgehead atoms. The highest BCUT2D eigenvalue weighted by molar-refractivity contribution is 6.32. The lowest BCUT2D eigenvalue weighted by Crippen LogP contribution is -2.23. The summed E-state index contributed by atoms with van der Waals surface area (Å²) in [5.41, 5.74) is 0.539. The van der Waals surface area contributed by atoms with Gasteiger partial charge in [-0.15, -0.1) is 0 Å². The van der Waals surface area contributed by atoms with E-state index in [0.717, 1.165) is 25.1 Å². The summed E-state index contributed by atoms with van der Waals surface area (Å²) >= 11 is 5.84. The van der Waals surface area contributed by atoms with E-state index in [1.165, 1.54) is 12.3 Å². The predicted molar refractivity (Wildman–Crippen MR) is 96.5 cm³/mol. The van der Waals surface area contributed by atoms with Crippen LogP contribution in [0.2, 0.25) is 5.02 Å². The lowest BCUT2D eigenvalue weighted by molar-refractivity contribution is -0.154. The Morgan fingerprint density at radius 3 is 2.44 bits per heavy atom. The number of hydrogen-bond acceptors (Lipinski definition) is 5. The van der Waals surface area contributed by atoms with Crippen molar-refractivity contribution in [3.63, 3.8) is 0 Å². The molecule has 10 heteroatoms. The van der Waals surface area contributed by atoms with Crippen molar-refractivity contribution in [3.8, 4) is 5.88 Å². The quantitative estimate of drug-likeness (QED) is 0.752. The summed E-state index contributed by atoms with van der Waals surface area (Å²) in [6, 6.07) is 4.67. The van der Waals surface area contributed by atoms with Crippen molar-refractivity contribution in [1.82, 2.24) is 9.97 Å². The fraction of sp³-hybridized carbons (Fsp3) is 0.353. The van der Waals surface area contributed by atoms with Crippen LogP contribution in [0.3, 0.4) is 0 Å². The number of carbonyl (C=O) groups is 1. The van der Waals surface area contributed by atoms with Gasteiger partial charge in [0.1, 0.15) is 10.8 Å². The van der Waals surface area contributed by atoms with Crippen LogP contribution >= 0.6 is 11.6 Å². The normalized spacial score (nSPS) is 11.2. The van der Waals surface area contributed by atoms with E-state index in [2.05, 4.69) is 24.9 Å². The average molecular weight is 403 g/mol. The fourth-order valence-corrected chi connectivity index (χ4v) is 2.42. The molecule has 2 heterocycles. The first-order valence-corrected chi connectivity index (χ1v) is 8.48. The Labute approximate surface area is 159 Å². The molecule has 6 nitrogen and oxygen atoms in total. The molecule has 27 heavy (non-hydrogen) atoms. The molecule has 146 valence electrons. The van der Waals surface area contributed by atoms with E-state index in [-0.39, 0.29) is 10.6 Å². The van der Waals surface area contributed by atoms with Gasteiger partial charge >= 0.3 is 6.18 Å². The maximum atomic E-state index is 12.3. The second-order valence-corrected chi connectivity index (χ2v) is 5.85. The minimum atomic E-state index is -4.51. The van der Waals surface area contributed by atoms with Crippen LogP contribution < -0.4 is 15.0 Å². The Kier molecular flexibility index (Phi) is 6.84. The molecule has 2 aromatic rings. The smallest absolute Gasteiger partial charge is 0.422 e. The molecule has 0 spiro atoms. The van der Waals surface area contributed by atoms with Gasteiger partial charge in [-0.1, -0.05) is 11.6 Å². The number of nitrogens with zero attached hydrogens (tertiary/aromatic N) is 3. The molecule has 0 aliphatic carbocycles. The zero-order valence-corrected chi connectivity index (χ0v) is 15.4. The second-order valence-electron chi connectivity index (χ2n) is 5.45. The van der Waals surface area contributed by atoms with Gasteiger partial charge in [-0.3, -0.25) is 4.79 Å². The summed E-state index contributed by atoms with van der Waals surface area (Å²) in [5, 5.41) is 2.43. The molecule has 0 atom stereocenters. The third-order valence-electron chi connectivity index (χ3n) is 3.54. The molecule has 2 rings (SSSR count). The average Bonchev–Trinajstić information content (AvgIpc) is 2.62. The number of carbonyl (C=O) groups excluding carboxylic acids is 1. The van der Waals surface area contributed by atoms with Crippen molar-refractivity contribution in [3.05, 3.63) is 41.2 Å². The maximum Gasteiger partial charge on any atom is 0.422 e. The lowest BCUT2D eigenvalue weighted by atomic mass is 10.2. The van der Waals surface area contributed by atoms with E-state index in [0.29, 0.717) is 5.69 Å². The van der Waals surface area contributed by atoms with E-state index in [1.807, 2.05) is 13.8 Å². The second kappa shape index (κ2) is 8.90. The number of amides is 1. The van der Waals surface area contributed by atoms with Gasteiger partial charge in [-0.05, 0) is 32.0 Å². The maximum absolute atomic E-state index is 12.3. The molecule has 0 aliphatic heterocycles. The van der Waals surface area contributed by atoms with Crippen LogP contribution in [0.1, 0.15) is 24.2 Å². The van der Waals surface area contributed by atoms with Crippen LogP contribution in [-0.2, 0) is 0 Å². The summed E-state index contributed by atoms with van der Waals surface area (Å²) in [4.78, 5) is 22.3. The number of ether oxygens (including phenoxy) is 1. The van der Waals surface area contributed by atoms with Crippen LogP contribution in [0, 0.1) is 0 Å². The molecule has 2 aromatic heterocycles. The van der Waals surface area contributed by atoms with Crippen molar-refractivity contribution in [2.24, 2.45) is 0 Å². The van der Waals surface area contributed by atoms with Crippen molar-refractivity contribution < 1.29 is 22.7 Å². The first-order valence-electron chi connectivity index (χ1n) is 8.11. The van der Waals surface area contributed by atoms with Gasteiger partial charge in [0.15, 0.2) is 6.61 Å². The Morgan fingerprint density at radius 2 is 1.93 bits per heavy atom. The van der Waals surface area contributed by atoms with Gasteiger partial charge in [0, 0.05) is 19.3 Å². The number of pyridine rings is 2. The zero-order valence-electron chi connectivity index (χ0n) is 14.7. The monoisotopic (exact) mass is 402 g/mol. The molecule has 0 saturated heterocycles. The number of anilines is 2. The third kappa shape index (κ3) is 5.99. The largest absolute Gasteiger partial charge is 0.467 e. The van der Waals surface area contributed by atoms with Crippen LogP contribution in [0.25, 0.3) is 0 Å². The Balaban J connectivity index is 2.04. The lowest BCUT2D eigenvalue weighted by Gasteiger charge is -2.19. The molecule has 0 fully saturated rings. The molecule has 1 amide bonds. The number of halogens is 4. The SMILES string of the molecule is CCN(CC)c1ccc(NC(=O)c2cnc(OCC(F)(F)F)c(Cl)c2)cn1. The summed E-state index contributed by atoms with van der Waals surface area (Å²) < 4.78 is 41.0. The van der Waals surface area contributed by atoms with Gasteiger partial charge in [0.25, 0.3) is 5.91 Å². The Hall–Kier alpha value is -2.55. The van der Waals surface area contributed by atoms with Crippen molar-refractivity contribution in [2.45, 2.75) is 20.0 Å². The Morgan fingerprint density at radius 1 is 1.22 bits per heavy atom. The van der Waals surface area contributed by atoms with Crippen LogP contribution in [-0.4, -0.2) is 41.7 Å². The van der Waals surface area contributed by atoms with E-state index >= 15 is 0 Å². The van der Waals surface area contributed by atoms with Crippen LogP contribution in [0.4, 0.5) is 24.7 Å². The van der Waals surface area contributed by atoms with E-state index in [4.69, 9.17) is 11.6 Å². The summed E-state index contributed by atoms with van der Waals surface area (Å²) in [7, 11) is 0. The zero-order chi connectivity index (χ0) is 20.0.